The average Bonchev–Trinajstić information content (AvgIpc) is 2.41. The van der Waals surface area contributed by atoms with Crippen molar-refractivity contribution in [1.29, 1.82) is 0 Å². The maximum absolute atomic E-state index is 13.8. The highest BCUT2D eigenvalue weighted by atomic mass is 19.3. The summed E-state index contributed by atoms with van der Waals surface area (Å²) in [6, 6.07) is 10.7. The molecule has 5 heteroatoms. The van der Waals surface area contributed by atoms with Gasteiger partial charge in [0.1, 0.15) is 11.6 Å². The minimum Gasteiger partial charge on any atom is -0.485 e. The van der Waals surface area contributed by atoms with E-state index in [1.54, 1.807) is 6.07 Å². The van der Waals surface area contributed by atoms with E-state index in [1.807, 2.05) is 0 Å². The van der Waals surface area contributed by atoms with E-state index in [9.17, 15) is 13.2 Å². The van der Waals surface area contributed by atoms with Gasteiger partial charge in [-0.05, 0) is 12.1 Å². The maximum atomic E-state index is 13.8. The van der Waals surface area contributed by atoms with Gasteiger partial charge in [-0.25, -0.2) is 4.39 Å². The zero-order chi connectivity index (χ0) is 13.9. The predicted octanol–water partition coefficient (Wildman–Crippen LogP) is 3.58. The summed E-state index contributed by atoms with van der Waals surface area (Å²) < 4.78 is 45.5. The molecule has 19 heavy (non-hydrogen) atoms. The van der Waals surface area contributed by atoms with Crippen molar-refractivity contribution in [3.63, 3.8) is 0 Å². The van der Waals surface area contributed by atoms with Gasteiger partial charge >= 0.3 is 5.92 Å². The molecule has 0 bridgehead atoms. The number of halogens is 3. The van der Waals surface area contributed by atoms with Gasteiger partial charge in [-0.1, -0.05) is 30.3 Å². The molecule has 2 N–H and O–H groups in total. The number of nitrogen functional groups attached to an aromatic ring is 1. The van der Waals surface area contributed by atoms with Gasteiger partial charge in [0.25, 0.3) is 0 Å². The standard InChI is InChI=1S/C14H12F3NO/c15-11-6-7-12(18)13(8-11)19-9-14(16,17)10-4-2-1-3-5-10/h1-8H,9,18H2. The SMILES string of the molecule is Nc1ccc(F)cc1OCC(F)(F)c1ccccc1. The summed E-state index contributed by atoms with van der Waals surface area (Å²) in [5.41, 5.74) is 5.47. The third-order valence-electron chi connectivity index (χ3n) is 2.58. The Kier molecular flexibility index (Phi) is 3.64. The lowest BCUT2D eigenvalue weighted by atomic mass is 10.1. The first kappa shape index (κ1) is 13.3. The van der Waals surface area contributed by atoms with E-state index in [-0.39, 0.29) is 17.0 Å². The third kappa shape index (κ3) is 3.19. The molecule has 0 aliphatic heterocycles. The van der Waals surface area contributed by atoms with E-state index in [2.05, 4.69) is 0 Å². The van der Waals surface area contributed by atoms with E-state index in [0.717, 1.165) is 12.1 Å². The highest BCUT2D eigenvalue weighted by Crippen LogP contribution is 2.30. The second-order valence-corrected chi connectivity index (χ2v) is 4.04. The van der Waals surface area contributed by atoms with Gasteiger partial charge in [-0.2, -0.15) is 8.78 Å². The quantitative estimate of drug-likeness (QED) is 0.859. The highest BCUT2D eigenvalue weighted by molar-refractivity contribution is 5.52. The lowest BCUT2D eigenvalue weighted by Crippen LogP contribution is -2.23. The number of benzene rings is 2. The van der Waals surface area contributed by atoms with Gasteiger partial charge in [0, 0.05) is 11.6 Å². The Balaban J connectivity index is 2.12. The van der Waals surface area contributed by atoms with Crippen LogP contribution in [-0.2, 0) is 5.92 Å². The van der Waals surface area contributed by atoms with Crippen molar-refractivity contribution in [2.45, 2.75) is 5.92 Å². The molecule has 2 rings (SSSR count). The Morgan fingerprint density at radius 3 is 2.42 bits per heavy atom. The number of hydrogen-bond donors (Lipinski definition) is 1. The van der Waals surface area contributed by atoms with Gasteiger partial charge in [-0.3, -0.25) is 0 Å². The van der Waals surface area contributed by atoms with Crippen molar-refractivity contribution in [2.24, 2.45) is 0 Å². The molecular formula is C14H12F3NO. The fourth-order valence-corrected chi connectivity index (χ4v) is 1.57. The molecule has 0 spiro atoms. The first-order valence-electron chi connectivity index (χ1n) is 5.60. The van der Waals surface area contributed by atoms with Crippen LogP contribution in [0.3, 0.4) is 0 Å². The van der Waals surface area contributed by atoms with E-state index in [4.69, 9.17) is 10.5 Å². The van der Waals surface area contributed by atoms with Crippen LogP contribution in [0, 0.1) is 5.82 Å². The van der Waals surface area contributed by atoms with Crippen LogP contribution in [0.1, 0.15) is 5.56 Å². The van der Waals surface area contributed by atoms with E-state index >= 15 is 0 Å². The second kappa shape index (κ2) is 5.22. The molecule has 0 heterocycles. The van der Waals surface area contributed by atoms with Gasteiger partial charge in [-0.15, -0.1) is 0 Å². The fraction of sp³-hybridized carbons (Fsp3) is 0.143. The van der Waals surface area contributed by atoms with Gasteiger partial charge in [0.05, 0.1) is 5.69 Å². The summed E-state index contributed by atoms with van der Waals surface area (Å²) in [6.07, 6.45) is 0. The van der Waals surface area contributed by atoms with E-state index < -0.39 is 18.3 Å². The first-order valence-corrected chi connectivity index (χ1v) is 5.60. The van der Waals surface area contributed by atoms with Crippen LogP contribution >= 0.6 is 0 Å². The molecule has 0 fully saturated rings. The smallest absolute Gasteiger partial charge is 0.306 e. The summed E-state index contributed by atoms with van der Waals surface area (Å²) in [7, 11) is 0. The second-order valence-electron chi connectivity index (χ2n) is 4.04. The summed E-state index contributed by atoms with van der Waals surface area (Å²) in [4.78, 5) is 0. The van der Waals surface area contributed by atoms with Crippen molar-refractivity contribution in [1.82, 2.24) is 0 Å². The molecule has 0 atom stereocenters. The first-order chi connectivity index (χ1) is 8.99. The summed E-state index contributed by atoms with van der Waals surface area (Å²) in [5.74, 6) is -3.84. The van der Waals surface area contributed by atoms with Gasteiger partial charge < -0.3 is 10.5 Å². The minimum absolute atomic E-state index is 0.0874. The number of ether oxygens (including phenoxy) is 1. The summed E-state index contributed by atoms with van der Waals surface area (Å²) in [5, 5.41) is 0. The van der Waals surface area contributed by atoms with Crippen molar-refractivity contribution in [3.8, 4) is 5.75 Å². The predicted molar refractivity (Wildman–Crippen MR) is 66.6 cm³/mol. The minimum atomic E-state index is -3.17. The molecule has 0 saturated carbocycles. The summed E-state index contributed by atoms with van der Waals surface area (Å²) >= 11 is 0. The largest absolute Gasteiger partial charge is 0.485 e. The molecule has 0 unspecified atom stereocenters. The molecule has 0 amide bonds. The molecule has 100 valence electrons. The lowest BCUT2D eigenvalue weighted by Gasteiger charge is -2.18. The van der Waals surface area contributed by atoms with Crippen molar-refractivity contribution in [3.05, 3.63) is 59.9 Å². The van der Waals surface area contributed by atoms with Crippen LogP contribution in [0.15, 0.2) is 48.5 Å². The summed E-state index contributed by atoms with van der Waals surface area (Å²) in [6.45, 7) is -0.898. The Morgan fingerprint density at radius 1 is 1.05 bits per heavy atom. The zero-order valence-electron chi connectivity index (χ0n) is 9.95. The van der Waals surface area contributed by atoms with Crippen molar-refractivity contribution in [2.75, 3.05) is 12.3 Å². The van der Waals surface area contributed by atoms with E-state index in [1.165, 1.54) is 30.3 Å². The molecule has 0 aromatic heterocycles. The molecular weight excluding hydrogens is 255 g/mol. The number of alkyl halides is 2. The molecule has 0 radical (unpaired) electrons. The fourth-order valence-electron chi connectivity index (χ4n) is 1.57. The van der Waals surface area contributed by atoms with Crippen LogP contribution in [-0.4, -0.2) is 6.61 Å². The number of hydrogen-bond acceptors (Lipinski definition) is 2. The maximum Gasteiger partial charge on any atom is 0.306 e. The normalized spacial score (nSPS) is 11.3. The molecule has 0 aliphatic carbocycles. The Hall–Kier alpha value is -2.17. The van der Waals surface area contributed by atoms with Crippen LogP contribution < -0.4 is 10.5 Å². The Labute approximate surface area is 108 Å². The molecule has 2 aromatic carbocycles. The van der Waals surface area contributed by atoms with Crippen LogP contribution in [0.4, 0.5) is 18.9 Å². The van der Waals surface area contributed by atoms with Gasteiger partial charge in [0.2, 0.25) is 0 Å². The third-order valence-corrected chi connectivity index (χ3v) is 2.58. The van der Waals surface area contributed by atoms with Crippen LogP contribution in [0.25, 0.3) is 0 Å². The number of nitrogens with two attached hydrogens (primary N) is 1. The highest BCUT2D eigenvalue weighted by Gasteiger charge is 2.32. The van der Waals surface area contributed by atoms with Crippen LogP contribution in [0.2, 0.25) is 0 Å². The number of anilines is 1. The average molecular weight is 267 g/mol. The van der Waals surface area contributed by atoms with Crippen LogP contribution in [0.5, 0.6) is 5.75 Å². The molecule has 0 saturated heterocycles. The Morgan fingerprint density at radius 2 is 1.74 bits per heavy atom. The topological polar surface area (TPSA) is 35.2 Å². The molecule has 0 aliphatic rings. The van der Waals surface area contributed by atoms with Crippen molar-refractivity contribution >= 4 is 5.69 Å². The number of rotatable bonds is 4. The van der Waals surface area contributed by atoms with E-state index in [0.29, 0.717) is 0 Å². The van der Waals surface area contributed by atoms with Crippen molar-refractivity contribution < 1.29 is 17.9 Å². The lowest BCUT2D eigenvalue weighted by molar-refractivity contribution is -0.0465. The monoisotopic (exact) mass is 267 g/mol. The Bertz CT molecular complexity index is 558. The molecule has 2 aromatic rings. The zero-order valence-corrected chi connectivity index (χ0v) is 9.95. The molecule has 2 nitrogen and oxygen atoms in total. The van der Waals surface area contributed by atoms with Gasteiger partial charge in [0.15, 0.2) is 6.61 Å².